The van der Waals surface area contributed by atoms with Crippen molar-refractivity contribution in [3.05, 3.63) is 18.2 Å². The molecule has 82 valence electrons. The maximum atomic E-state index is 5.81. The second-order valence-corrected chi connectivity index (χ2v) is 4.22. The van der Waals surface area contributed by atoms with Crippen molar-refractivity contribution < 1.29 is 4.74 Å². The molecule has 0 atom stereocenters. The highest BCUT2D eigenvalue weighted by Crippen LogP contribution is 2.33. The van der Waals surface area contributed by atoms with Crippen LogP contribution in [0.2, 0.25) is 0 Å². The molecule has 0 saturated carbocycles. The van der Waals surface area contributed by atoms with Gasteiger partial charge in [-0.1, -0.05) is 0 Å². The zero-order chi connectivity index (χ0) is 10.8. The van der Waals surface area contributed by atoms with Gasteiger partial charge in [0.05, 0.1) is 12.3 Å². The molecule has 2 N–H and O–H groups in total. The summed E-state index contributed by atoms with van der Waals surface area (Å²) in [7, 11) is 0. The van der Waals surface area contributed by atoms with E-state index in [4.69, 9.17) is 10.5 Å². The third-order valence-electron chi connectivity index (χ3n) is 2.72. The first kappa shape index (κ1) is 10.1. The van der Waals surface area contributed by atoms with Crippen LogP contribution >= 0.6 is 0 Å². The first-order chi connectivity index (χ1) is 7.18. The van der Waals surface area contributed by atoms with Gasteiger partial charge < -0.3 is 15.4 Å². The Bertz CT molecular complexity index is 349. The summed E-state index contributed by atoms with van der Waals surface area (Å²) in [5.74, 6) is 0.954. The molecule has 0 aromatic heterocycles. The predicted molar refractivity (Wildman–Crippen MR) is 63.4 cm³/mol. The summed E-state index contributed by atoms with van der Waals surface area (Å²) in [6.45, 7) is 6.21. The maximum Gasteiger partial charge on any atom is 0.142 e. The number of rotatable bonds is 1. The fourth-order valence-electron chi connectivity index (χ4n) is 1.95. The van der Waals surface area contributed by atoms with Gasteiger partial charge in [-0.25, -0.2) is 0 Å². The Labute approximate surface area is 90.8 Å². The van der Waals surface area contributed by atoms with Crippen LogP contribution in [0.25, 0.3) is 0 Å². The van der Waals surface area contributed by atoms with Crippen LogP contribution in [0.3, 0.4) is 0 Å². The van der Waals surface area contributed by atoms with Crippen LogP contribution < -0.4 is 15.4 Å². The van der Waals surface area contributed by atoms with Gasteiger partial charge in [0.25, 0.3) is 0 Å². The molecule has 0 fully saturated rings. The lowest BCUT2D eigenvalue weighted by atomic mass is 10.2. The largest absolute Gasteiger partial charge is 0.491 e. The highest BCUT2D eigenvalue weighted by Gasteiger charge is 2.18. The summed E-state index contributed by atoms with van der Waals surface area (Å²) in [6, 6.07) is 6.33. The summed E-state index contributed by atoms with van der Waals surface area (Å²) in [5, 5.41) is 0. The molecule has 1 aliphatic heterocycles. The molecule has 0 saturated heterocycles. The van der Waals surface area contributed by atoms with Crippen molar-refractivity contribution in [2.24, 2.45) is 0 Å². The van der Waals surface area contributed by atoms with E-state index in [0.29, 0.717) is 6.04 Å². The molecule has 0 unspecified atom stereocenters. The highest BCUT2D eigenvalue weighted by molar-refractivity contribution is 5.65. The molecular weight excluding hydrogens is 188 g/mol. The lowest BCUT2D eigenvalue weighted by Gasteiger charge is -2.28. The SMILES string of the molecule is CC(C)N1CCCOc2ccc(N)cc21. The van der Waals surface area contributed by atoms with Crippen molar-refractivity contribution >= 4 is 11.4 Å². The van der Waals surface area contributed by atoms with E-state index in [0.717, 1.165) is 36.7 Å². The molecular formula is C12H18N2O. The monoisotopic (exact) mass is 206 g/mol. The van der Waals surface area contributed by atoms with E-state index in [1.54, 1.807) is 0 Å². The number of nitrogens with two attached hydrogens (primary N) is 1. The zero-order valence-corrected chi connectivity index (χ0v) is 9.36. The molecule has 0 radical (unpaired) electrons. The molecule has 1 heterocycles. The number of nitrogens with zero attached hydrogens (tertiary/aromatic N) is 1. The van der Waals surface area contributed by atoms with Gasteiger partial charge in [0.1, 0.15) is 5.75 Å². The van der Waals surface area contributed by atoms with Crippen LogP contribution in [0, 0.1) is 0 Å². The van der Waals surface area contributed by atoms with Gasteiger partial charge in [0, 0.05) is 18.3 Å². The van der Waals surface area contributed by atoms with Crippen LogP contribution in [0.15, 0.2) is 18.2 Å². The number of nitrogen functional groups attached to an aromatic ring is 1. The normalized spacial score (nSPS) is 15.8. The molecule has 0 spiro atoms. The first-order valence-electron chi connectivity index (χ1n) is 5.47. The van der Waals surface area contributed by atoms with E-state index >= 15 is 0 Å². The summed E-state index contributed by atoms with van der Waals surface area (Å²) in [5.41, 5.74) is 7.74. The van der Waals surface area contributed by atoms with Crippen molar-refractivity contribution in [1.29, 1.82) is 0 Å². The van der Waals surface area contributed by atoms with Gasteiger partial charge >= 0.3 is 0 Å². The average Bonchev–Trinajstić information content (AvgIpc) is 2.39. The van der Waals surface area contributed by atoms with E-state index in [9.17, 15) is 0 Å². The minimum atomic E-state index is 0.479. The van der Waals surface area contributed by atoms with Gasteiger partial charge in [0.2, 0.25) is 0 Å². The Kier molecular flexibility index (Phi) is 2.71. The zero-order valence-electron chi connectivity index (χ0n) is 9.36. The fourth-order valence-corrected chi connectivity index (χ4v) is 1.95. The van der Waals surface area contributed by atoms with Gasteiger partial charge in [0.15, 0.2) is 0 Å². The number of benzene rings is 1. The van der Waals surface area contributed by atoms with Gasteiger partial charge in [-0.15, -0.1) is 0 Å². The molecule has 3 nitrogen and oxygen atoms in total. The molecule has 0 aliphatic carbocycles. The quantitative estimate of drug-likeness (QED) is 0.716. The third-order valence-corrected chi connectivity index (χ3v) is 2.72. The molecule has 1 aliphatic rings. The summed E-state index contributed by atoms with van der Waals surface area (Å²) < 4.78 is 5.69. The fraction of sp³-hybridized carbons (Fsp3) is 0.500. The lowest BCUT2D eigenvalue weighted by molar-refractivity contribution is 0.322. The third kappa shape index (κ3) is 2.01. The van der Waals surface area contributed by atoms with Crippen molar-refractivity contribution in [3.63, 3.8) is 0 Å². The summed E-state index contributed by atoms with van der Waals surface area (Å²) >= 11 is 0. The lowest BCUT2D eigenvalue weighted by Crippen LogP contribution is -2.31. The van der Waals surface area contributed by atoms with E-state index in [2.05, 4.69) is 18.7 Å². The Morgan fingerprint density at radius 3 is 2.93 bits per heavy atom. The Hall–Kier alpha value is -1.38. The summed E-state index contributed by atoms with van der Waals surface area (Å²) in [4.78, 5) is 2.35. The first-order valence-corrected chi connectivity index (χ1v) is 5.47. The minimum absolute atomic E-state index is 0.479. The number of anilines is 2. The average molecular weight is 206 g/mol. The standard InChI is InChI=1S/C12H18N2O/c1-9(2)14-6-3-7-15-12-5-4-10(13)8-11(12)14/h4-5,8-9H,3,6-7,13H2,1-2H3. The van der Waals surface area contributed by atoms with Gasteiger partial charge in [-0.2, -0.15) is 0 Å². The van der Waals surface area contributed by atoms with Crippen molar-refractivity contribution in [1.82, 2.24) is 0 Å². The van der Waals surface area contributed by atoms with Crippen LogP contribution in [-0.2, 0) is 0 Å². The Morgan fingerprint density at radius 1 is 1.40 bits per heavy atom. The number of hydrogen-bond acceptors (Lipinski definition) is 3. The van der Waals surface area contributed by atoms with Crippen LogP contribution in [0.1, 0.15) is 20.3 Å². The molecule has 0 bridgehead atoms. The topological polar surface area (TPSA) is 38.5 Å². The van der Waals surface area contributed by atoms with E-state index in [1.165, 1.54) is 0 Å². The van der Waals surface area contributed by atoms with Crippen molar-refractivity contribution in [2.45, 2.75) is 26.3 Å². The summed E-state index contributed by atoms with van der Waals surface area (Å²) in [6.07, 6.45) is 1.06. The second-order valence-electron chi connectivity index (χ2n) is 4.22. The van der Waals surface area contributed by atoms with Gasteiger partial charge in [-0.05, 0) is 38.5 Å². The molecule has 15 heavy (non-hydrogen) atoms. The smallest absolute Gasteiger partial charge is 0.142 e. The van der Waals surface area contributed by atoms with E-state index < -0.39 is 0 Å². The van der Waals surface area contributed by atoms with E-state index in [-0.39, 0.29) is 0 Å². The Morgan fingerprint density at radius 2 is 2.20 bits per heavy atom. The number of ether oxygens (including phenoxy) is 1. The van der Waals surface area contributed by atoms with Gasteiger partial charge in [-0.3, -0.25) is 0 Å². The van der Waals surface area contributed by atoms with E-state index in [1.807, 2.05) is 18.2 Å². The number of hydrogen-bond donors (Lipinski definition) is 1. The maximum absolute atomic E-state index is 5.81. The van der Waals surface area contributed by atoms with Crippen molar-refractivity contribution in [3.8, 4) is 5.75 Å². The number of fused-ring (bicyclic) bond motifs is 1. The van der Waals surface area contributed by atoms with Crippen LogP contribution in [0.4, 0.5) is 11.4 Å². The second kappa shape index (κ2) is 4.01. The molecule has 3 heteroatoms. The predicted octanol–water partition coefficient (Wildman–Crippen LogP) is 2.27. The van der Waals surface area contributed by atoms with Crippen LogP contribution in [0.5, 0.6) is 5.75 Å². The molecule has 0 amide bonds. The van der Waals surface area contributed by atoms with Crippen LogP contribution in [-0.4, -0.2) is 19.2 Å². The highest BCUT2D eigenvalue weighted by atomic mass is 16.5. The van der Waals surface area contributed by atoms with Crippen molar-refractivity contribution in [2.75, 3.05) is 23.8 Å². The molecule has 2 rings (SSSR count). The minimum Gasteiger partial charge on any atom is -0.491 e. The molecule has 1 aromatic carbocycles. The molecule has 1 aromatic rings. The Balaban J connectivity index is 2.42.